The average Bonchev–Trinajstić information content (AvgIpc) is 2.47. The van der Waals surface area contributed by atoms with Crippen LogP contribution in [-0.2, 0) is 15.6 Å². The third-order valence-corrected chi connectivity index (χ3v) is 5.50. The molecule has 1 aromatic rings. The maximum absolute atomic E-state index is 12.1. The fourth-order valence-electron chi connectivity index (χ4n) is 2.38. The Morgan fingerprint density at radius 3 is 2.81 bits per heavy atom. The molecule has 2 unspecified atom stereocenters. The van der Waals surface area contributed by atoms with Crippen LogP contribution in [0.25, 0.3) is 0 Å². The van der Waals surface area contributed by atoms with Crippen LogP contribution in [0, 0.1) is 0 Å². The van der Waals surface area contributed by atoms with Gasteiger partial charge in [-0.3, -0.25) is 9.00 Å². The third kappa shape index (κ3) is 5.20. The summed E-state index contributed by atoms with van der Waals surface area (Å²) in [6, 6.07) is 7.86. The predicted octanol–water partition coefficient (Wildman–Crippen LogP) is 2.16. The molecule has 1 N–H and O–H groups in total. The molecular formula is C15H21BrN2O2S. The van der Waals surface area contributed by atoms with Crippen molar-refractivity contribution in [3.05, 3.63) is 28.7 Å². The highest BCUT2D eigenvalue weighted by atomic mass is 79.9. The Bertz CT molecular complexity index is 507. The lowest BCUT2D eigenvalue weighted by molar-refractivity contribution is -0.132. The van der Waals surface area contributed by atoms with Crippen LogP contribution < -0.4 is 5.32 Å². The number of nitrogens with zero attached hydrogens (tertiary/aromatic N) is 1. The second kappa shape index (κ2) is 8.06. The number of halogens is 1. The molecule has 1 aliphatic heterocycles. The Balaban J connectivity index is 1.74. The maximum Gasteiger partial charge on any atom is 0.222 e. The number of carbonyl (C=O) groups is 1. The van der Waals surface area contributed by atoms with E-state index in [0.29, 0.717) is 24.6 Å². The summed E-state index contributed by atoms with van der Waals surface area (Å²) in [7, 11) is -1.02. The lowest BCUT2D eigenvalue weighted by atomic mass is 10.2. The largest absolute Gasteiger partial charge is 0.340 e. The number of benzene rings is 1. The zero-order valence-electron chi connectivity index (χ0n) is 12.2. The summed E-state index contributed by atoms with van der Waals surface area (Å²) in [6.07, 6.45) is 1.15. The molecule has 0 bridgehead atoms. The van der Waals surface area contributed by atoms with Gasteiger partial charge >= 0.3 is 0 Å². The average molecular weight is 373 g/mol. The molecule has 116 valence electrons. The first-order chi connectivity index (χ1) is 10.1. The molecule has 1 fully saturated rings. The molecule has 4 nitrogen and oxygen atoms in total. The van der Waals surface area contributed by atoms with E-state index in [-0.39, 0.29) is 5.91 Å². The molecule has 0 aromatic heterocycles. The number of piperazine rings is 1. The minimum atomic E-state index is -1.02. The van der Waals surface area contributed by atoms with E-state index in [4.69, 9.17) is 0 Å². The fourth-order valence-corrected chi connectivity index (χ4v) is 3.72. The first kappa shape index (κ1) is 16.6. The van der Waals surface area contributed by atoms with Gasteiger partial charge < -0.3 is 10.2 Å². The Kier molecular flexibility index (Phi) is 6.39. The van der Waals surface area contributed by atoms with Gasteiger partial charge in [0.25, 0.3) is 0 Å². The minimum Gasteiger partial charge on any atom is -0.340 e. The smallest absolute Gasteiger partial charge is 0.222 e. The first-order valence-electron chi connectivity index (χ1n) is 7.21. The Morgan fingerprint density at radius 1 is 1.43 bits per heavy atom. The predicted molar refractivity (Wildman–Crippen MR) is 88.7 cm³/mol. The molecule has 2 rings (SSSR count). The van der Waals surface area contributed by atoms with Gasteiger partial charge in [0.1, 0.15) is 0 Å². The van der Waals surface area contributed by atoms with E-state index < -0.39 is 10.8 Å². The van der Waals surface area contributed by atoms with E-state index >= 15 is 0 Å². The number of nitrogens with one attached hydrogen (secondary N) is 1. The van der Waals surface area contributed by atoms with Crippen LogP contribution in [0.4, 0.5) is 0 Å². The molecule has 0 aliphatic carbocycles. The summed E-state index contributed by atoms with van der Waals surface area (Å²) in [5.74, 6) is 0.714. The summed E-state index contributed by atoms with van der Waals surface area (Å²) in [4.78, 5) is 14.8. The molecule has 21 heavy (non-hydrogen) atoms. The van der Waals surface area contributed by atoms with Crippen molar-refractivity contribution >= 4 is 32.6 Å². The van der Waals surface area contributed by atoms with Crippen molar-refractivity contribution in [3.63, 3.8) is 0 Å². The fraction of sp³-hybridized carbons (Fsp3) is 0.533. The molecule has 0 saturated carbocycles. The second-order valence-electron chi connectivity index (χ2n) is 5.30. The van der Waals surface area contributed by atoms with Crippen LogP contribution in [-0.4, -0.2) is 46.4 Å². The lowest BCUT2D eigenvalue weighted by Crippen LogP contribution is -2.51. The molecule has 1 saturated heterocycles. The van der Waals surface area contributed by atoms with E-state index in [1.54, 1.807) is 0 Å². The molecule has 2 atom stereocenters. The maximum atomic E-state index is 12.1. The standard InChI is InChI=1S/C15H21BrN2O2S/c1-12-11-18(9-8-17-12)15(19)3-2-10-21(20)14-6-4-13(16)5-7-14/h4-7,12,17H,2-3,8-11H2,1H3. The van der Waals surface area contributed by atoms with Gasteiger partial charge in [0.2, 0.25) is 5.91 Å². The van der Waals surface area contributed by atoms with Crippen molar-refractivity contribution in [2.75, 3.05) is 25.4 Å². The highest BCUT2D eigenvalue weighted by Crippen LogP contribution is 2.14. The van der Waals surface area contributed by atoms with Gasteiger partial charge in [-0.1, -0.05) is 15.9 Å². The minimum absolute atomic E-state index is 0.177. The second-order valence-corrected chi connectivity index (χ2v) is 7.79. The Hall–Kier alpha value is -0.720. The van der Waals surface area contributed by atoms with Gasteiger partial charge in [0, 0.05) is 47.2 Å². The topological polar surface area (TPSA) is 49.4 Å². The molecule has 1 amide bonds. The molecule has 1 aromatic carbocycles. The van der Waals surface area contributed by atoms with E-state index in [0.717, 1.165) is 29.0 Å². The SMILES string of the molecule is CC1CN(C(=O)CCCS(=O)c2ccc(Br)cc2)CCN1. The van der Waals surface area contributed by atoms with E-state index in [2.05, 4.69) is 28.2 Å². The van der Waals surface area contributed by atoms with Crippen LogP contribution >= 0.6 is 15.9 Å². The van der Waals surface area contributed by atoms with Crippen molar-refractivity contribution in [2.24, 2.45) is 0 Å². The van der Waals surface area contributed by atoms with Gasteiger partial charge in [0.05, 0.1) is 10.8 Å². The number of hydrogen-bond acceptors (Lipinski definition) is 3. The number of hydrogen-bond donors (Lipinski definition) is 1. The molecule has 6 heteroatoms. The highest BCUT2D eigenvalue weighted by molar-refractivity contribution is 9.10. The van der Waals surface area contributed by atoms with Gasteiger partial charge in [-0.05, 0) is 37.6 Å². The summed E-state index contributed by atoms with van der Waals surface area (Å²) in [6.45, 7) is 4.49. The van der Waals surface area contributed by atoms with Crippen LogP contribution in [0.3, 0.4) is 0 Å². The van der Waals surface area contributed by atoms with Crippen molar-refractivity contribution in [3.8, 4) is 0 Å². The van der Waals surface area contributed by atoms with E-state index in [9.17, 15) is 9.00 Å². The van der Waals surface area contributed by atoms with Crippen molar-refractivity contribution in [1.29, 1.82) is 0 Å². The molecule has 0 spiro atoms. The van der Waals surface area contributed by atoms with Crippen LogP contribution in [0.15, 0.2) is 33.6 Å². The van der Waals surface area contributed by atoms with Crippen molar-refractivity contribution < 1.29 is 9.00 Å². The Labute approximate surface area is 136 Å². The Morgan fingerprint density at radius 2 is 2.14 bits per heavy atom. The third-order valence-electron chi connectivity index (χ3n) is 3.52. The van der Waals surface area contributed by atoms with Crippen LogP contribution in [0.1, 0.15) is 19.8 Å². The molecule has 0 radical (unpaired) electrons. The van der Waals surface area contributed by atoms with E-state index in [1.807, 2.05) is 29.2 Å². The normalized spacial score (nSPS) is 20.3. The lowest BCUT2D eigenvalue weighted by Gasteiger charge is -2.32. The molecule has 1 heterocycles. The first-order valence-corrected chi connectivity index (χ1v) is 9.32. The quantitative estimate of drug-likeness (QED) is 0.861. The summed E-state index contributed by atoms with van der Waals surface area (Å²) in [5, 5.41) is 3.32. The van der Waals surface area contributed by atoms with Gasteiger partial charge in [-0.15, -0.1) is 0 Å². The molecular weight excluding hydrogens is 352 g/mol. The number of amides is 1. The zero-order chi connectivity index (χ0) is 15.2. The summed E-state index contributed by atoms with van der Waals surface area (Å²) >= 11 is 3.36. The highest BCUT2D eigenvalue weighted by Gasteiger charge is 2.20. The number of carbonyl (C=O) groups excluding carboxylic acids is 1. The van der Waals surface area contributed by atoms with E-state index in [1.165, 1.54) is 0 Å². The number of rotatable bonds is 5. The van der Waals surface area contributed by atoms with Gasteiger partial charge in [-0.25, -0.2) is 0 Å². The van der Waals surface area contributed by atoms with Gasteiger partial charge in [-0.2, -0.15) is 0 Å². The van der Waals surface area contributed by atoms with Gasteiger partial charge in [0.15, 0.2) is 0 Å². The summed E-state index contributed by atoms with van der Waals surface area (Å²) in [5.41, 5.74) is 0. The monoisotopic (exact) mass is 372 g/mol. The molecule has 1 aliphatic rings. The summed E-state index contributed by atoms with van der Waals surface area (Å²) < 4.78 is 13.1. The van der Waals surface area contributed by atoms with Crippen molar-refractivity contribution in [1.82, 2.24) is 10.2 Å². The van der Waals surface area contributed by atoms with Crippen LogP contribution in [0.5, 0.6) is 0 Å². The van der Waals surface area contributed by atoms with Crippen LogP contribution in [0.2, 0.25) is 0 Å². The zero-order valence-corrected chi connectivity index (χ0v) is 14.6. The van der Waals surface area contributed by atoms with Crippen molar-refractivity contribution in [2.45, 2.75) is 30.7 Å².